The molecule has 0 aliphatic heterocycles. The van der Waals surface area contributed by atoms with E-state index in [-0.39, 0.29) is 17.9 Å². The van der Waals surface area contributed by atoms with Crippen LogP contribution in [-0.2, 0) is 6.54 Å². The highest BCUT2D eigenvalue weighted by Gasteiger charge is 2.14. The predicted octanol–water partition coefficient (Wildman–Crippen LogP) is 2.29. The largest absolute Gasteiger partial charge is 0.496 e. The number of carbonyl (C=O) groups is 1. The number of benzene rings is 2. The number of ether oxygens (including phenoxy) is 1. The first kappa shape index (κ1) is 14.0. The third kappa shape index (κ3) is 2.48. The summed E-state index contributed by atoms with van der Waals surface area (Å²) < 4.78 is 6.35. The van der Waals surface area contributed by atoms with E-state index in [4.69, 9.17) is 4.74 Å². The molecule has 0 saturated heterocycles. The molecule has 22 heavy (non-hydrogen) atoms. The summed E-state index contributed by atoms with van der Waals surface area (Å²) in [5.41, 5.74) is 0.160. The Kier molecular flexibility index (Phi) is 3.70. The van der Waals surface area contributed by atoms with Crippen LogP contribution < -0.4 is 10.3 Å². The lowest BCUT2D eigenvalue weighted by molar-refractivity contribution is 0.0963. The van der Waals surface area contributed by atoms with Gasteiger partial charge < -0.3 is 4.74 Å². The number of hydrogen-bond acceptors (Lipinski definition) is 4. The highest BCUT2D eigenvalue weighted by Crippen LogP contribution is 2.18. The van der Waals surface area contributed by atoms with E-state index in [9.17, 15) is 9.59 Å². The fraction of sp³-hybridized carbons (Fsp3) is 0.118. The van der Waals surface area contributed by atoms with E-state index in [0.717, 1.165) is 5.39 Å². The van der Waals surface area contributed by atoms with Gasteiger partial charge in [-0.25, -0.2) is 4.68 Å². The van der Waals surface area contributed by atoms with Crippen molar-refractivity contribution >= 4 is 16.6 Å². The summed E-state index contributed by atoms with van der Waals surface area (Å²) >= 11 is 0. The van der Waals surface area contributed by atoms with Gasteiger partial charge in [0, 0.05) is 5.39 Å². The quantitative estimate of drug-likeness (QED) is 0.693. The summed E-state index contributed by atoms with van der Waals surface area (Å²) in [6, 6.07) is 14.1. The highest BCUT2D eigenvalue weighted by molar-refractivity contribution is 5.98. The minimum absolute atomic E-state index is 0.121. The molecule has 110 valence electrons. The van der Waals surface area contributed by atoms with Gasteiger partial charge in [-0.05, 0) is 18.2 Å². The normalized spacial score (nSPS) is 10.6. The van der Waals surface area contributed by atoms with E-state index < -0.39 is 0 Å². The van der Waals surface area contributed by atoms with Crippen molar-refractivity contribution in [1.29, 1.82) is 0 Å². The molecule has 0 N–H and O–H groups in total. The first-order valence-electron chi connectivity index (χ1n) is 6.82. The van der Waals surface area contributed by atoms with Gasteiger partial charge >= 0.3 is 0 Å². The van der Waals surface area contributed by atoms with Crippen molar-refractivity contribution in [1.82, 2.24) is 9.78 Å². The number of ketones is 1. The smallest absolute Gasteiger partial charge is 0.275 e. The van der Waals surface area contributed by atoms with Crippen molar-refractivity contribution in [3.05, 3.63) is 70.6 Å². The zero-order valence-corrected chi connectivity index (χ0v) is 12.0. The molecule has 0 fully saturated rings. The Labute approximate surface area is 126 Å². The molecule has 0 aliphatic carbocycles. The van der Waals surface area contributed by atoms with Crippen LogP contribution in [0.25, 0.3) is 10.8 Å². The van der Waals surface area contributed by atoms with Gasteiger partial charge in [0.25, 0.3) is 5.56 Å². The lowest BCUT2D eigenvalue weighted by Crippen LogP contribution is -2.26. The van der Waals surface area contributed by atoms with Crippen LogP contribution in [0.4, 0.5) is 0 Å². The van der Waals surface area contributed by atoms with Gasteiger partial charge in [0.15, 0.2) is 5.78 Å². The predicted molar refractivity (Wildman–Crippen MR) is 83.3 cm³/mol. The minimum Gasteiger partial charge on any atom is -0.496 e. The molecule has 3 aromatic rings. The topological polar surface area (TPSA) is 61.2 Å². The standard InChI is InChI=1S/C17H14N2O3/c1-22-16-9-5-4-8-14(16)15(20)11-19-17(21)13-7-3-2-6-12(13)10-18-19/h2-10H,11H2,1H3. The van der Waals surface area contributed by atoms with Crippen molar-refractivity contribution in [3.8, 4) is 5.75 Å². The van der Waals surface area contributed by atoms with Crippen LogP contribution >= 0.6 is 0 Å². The average Bonchev–Trinajstić information content (AvgIpc) is 2.57. The van der Waals surface area contributed by atoms with Crippen LogP contribution in [0.2, 0.25) is 0 Å². The fourth-order valence-electron chi connectivity index (χ4n) is 2.34. The van der Waals surface area contributed by atoms with Gasteiger partial charge in [-0.15, -0.1) is 0 Å². The zero-order valence-electron chi connectivity index (χ0n) is 12.0. The van der Waals surface area contributed by atoms with Gasteiger partial charge in [-0.1, -0.05) is 30.3 Å². The molecule has 2 aromatic carbocycles. The van der Waals surface area contributed by atoms with Gasteiger partial charge in [0.1, 0.15) is 12.3 Å². The summed E-state index contributed by atoms with van der Waals surface area (Å²) in [6.45, 7) is -0.121. The number of para-hydroxylation sites is 1. The van der Waals surface area contributed by atoms with Crippen LogP contribution in [0.1, 0.15) is 10.4 Å². The van der Waals surface area contributed by atoms with Crippen LogP contribution in [0.15, 0.2) is 59.5 Å². The molecule has 0 aliphatic rings. The van der Waals surface area contributed by atoms with Gasteiger partial charge in [-0.3, -0.25) is 9.59 Å². The first-order chi connectivity index (χ1) is 10.7. The maximum Gasteiger partial charge on any atom is 0.275 e. The summed E-state index contributed by atoms with van der Waals surface area (Å²) in [5.74, 6) is 0.267. The van der Waals surface area contributed by atoms with E-state index in [1.54, 1.807) is 42.6 Å². The van der Waals surface area contributed by atoms with Crippen molar-refractivity contribution < 1.29 is 9.53 Å². The van der Waals surface area contributed by atoms with Crippen LogP contribution in [0.3, 0.4) is 0 Å². The van der Waals surface area contributed by atoms with Gasteiger partial charge in [-0.2, -0.15) is 5.10 Å². The summed E-state index contributed by atoms with van der Waals surface area (Å²) in [7, 11) is 1.51. The number of nitrogens with zero attached hydrogens (tertiary/aromatic N) is 2. The molecule has 0 bridgehead atoms. The molecule has 1 aromatic heterocycles. The molecule has 5 heteroatoms. The summed E-state index contributed by atoms with van der Waals surface area (Å²) in [5, 5.41) is 5.37. The fourth-order valence-corrected chi connectivity index (χ4v) is 2.34. The van der Waals surface area contributed by atoms with E-state index >= 15 is 0 Å². The number of hydrogen-bond donors (Lipinski definition) is 0. The van der Waals surface area contributed by atoms with E-state index in [1.807, 2.05) is 12.1 Å². The van der Waals surface area contributed by atoms with Crippen molar-refractivity contribution in [2.75, 3.05) is 7.11 Å². The molecule has 1 heterocycles. The van der Waals surface area contributed by atoms with Crippen LogP contribution in [-0.4, -0.2) is 22.7 Å². The second-order valence-electron chi connectivity index (χ2n) is 4.82. The molecular weight excluding hydrogens is 280 g/mol. The van der Waals surface area contributed by atoms with Crippen molar-refractivity contribution in [3.63, 3.8) is 0 Å². The molecule has 3 rings (SSSR count). The molecular formula is C17H14N2O3. The maximum absolute atomic E-state index is 12.4. The Balaban J connectivity index is 1.98. The lowest BCUT2D eigenvalue weighted by atomic mass is 10.1. The number of aromatic nitrogens is 2. The molecule has 0 unspecified atom stereocenters. The summed E-state index contributed by atoms with van der Waals surface area (Å²) in [4.78, 5) is 24.8. The third-order valence-electron chi connectivity index (χ3n) is 3.46. The number of methoxy groups -OCH3 is 1. The Morgan fingerprint density at radius 2 is 1.86 bits per heavy atom. The molecule has 0 spiro atoms. The second kappa shape index (κ2) is 5.81. The molecule has 0 radical (unpaired) electrons. The number of carbonyl (C=O) groups excluding carboxylic acids is 1. The Morgan fingerprint density at radius 1 is 1.14 bits per heavy atom. The van der Waals surface area contributed by atoms with Crippen molar-refractivity contribution in [2.45, 2.75) is 6.54 Å². The van der Waals surface area contributed by atoms with E-state index in [2.05, 4.69) is 5.10 Å². The highest BCUT2D eigenvalue weighted by atomic mass is 16.5. The van der Waals surface area contributed by atoms with E-state index in [0.29, 0.717) is 16.7 Å². The average molecular weight is 294 g/mol. The molecule has 5 nitrogen and oxygen atoms in total. The molecule has 0 amide bonds. The van der Waals surface area contributed by atoms with Gasteiger partial charge in [0.2, 0.25) is 0 Å². The maximum atomic E-state index is 12.4. The second-order valence-corrected chi connectivity index (χ2v) is 4.82. The first-order valence-corrected chi connectivity index (χ1v) is 6.82. The molecule has 0 saturated carbocycles. The third-order valence-corrected chi connectivity index (χ3v) is 3.46. The SMILES string of the molecule is COc1ccccc1C(=O)Cn1ncc2ccccc2c1=O. The Morgan fingerprint density at radius 3 is 2.68 bits per heavy atom. The lowest BCUT2D eigenvalue weighted by Gasteiger charge is -2.08. The Hall–Kier alpha value is -2.95. The summed E-state index contributed by atoms with van der Waals surface area (Å²) in [6.07, 6.45) is 1.59. The number of fused-ring (bicyclic) bond motifs is 1. The number of rotatable bonds is 4. The monoisotopic (exact) mass is 294 g/mol. The Bertz CT molecular complexity index is 900. The van der Waals surface area contributed by atoms with Gasteiger partial charge in [0.05, 0.1) is 24.3 Å². The number of Topliss-reactive ketones (excluding diaryl/α,β-unsaturated/α-hetero) is 1. The van der Waals surface area contributed by atoms with E-state index in [1.165, 1.54) is 11.8 Å². The van der Waals surface area contributed by atoms with Crippen LogP contribution in [0, 0.1) is 0 Å². The zero-order chi connectivity index (χ0) is 15.5. The van der Waals surface area contributed by atoms with Crippen LogP contribution in [0.5, 0.6) is 5.75 Å². The molecule has 0 atom stereocenters. The van der Waals surface area contributed by atoms with Crippen molar-refractivity contribution in [2.24, 2.45) is 0 Å². The minimum atomic E-state index is -0.277.